The molecule has 1 N–H and O–H groups in total. The van der Waals surface area contributed by atoms with Crippen molar-refractivity contribution in [1.82, 2.24) is 29.8 Å². The van der Waals surface area contributed by atoms with Crippen LogP contribution in [0.25, 0.3) is 10.9 Å². The Bertz CT molecular complexity index is 1150. The molecule has 8 nitrogen and oxygen atoms in total. The van der Waals surface area contributed by atoms with Gasteiger partial charge in [0, 0.05) is 48.2 Å². The molecule has 0 unspecified atom stereocenters. The van der Waals surface area contributed by atoms with Crippen LogP contribution in [0, 0.1) is 0 Å². The topological polar surface area (TPSA) is 85.1 Å². The smallest absolute Gasteiger partial charge is 0.270 e. The molecule has 1 saturated heterocycles. The van der Waals surface area contributed by atoms with E-state index < -0.39 is 0 Å². The molecule has 4 heterocycles. The number of benzene rings is 1. The number of piperidine rings is 1. The Morgan fingerprint density at radius 2 is 1.93 bits per heavy atom. The number of hydrogen-bond donors (Lipinski definition) is 1. The first-order valence-corrected chi connectivity index (χ1v) is 10.5. The van der Waals surface area contributed by atoms with Crippen molar-refractivity contribution < 1.29 is 9.59 Å². The van der Waals surface area contributed by atoms with Gasteiger partial charge in [-0.3, -0.25) is 19.0 Å². The monoisotopic (exact) mass is 406 g/mol. The van der Waals surface area contributed by atoms with Crippen molar-refractivity contribution in [3.05, 3.63) is 47.4 Å². The number of rotatable bonds is 2. The number of hydrogen-bond acceptors (Lipinski definition) is 4. The SMILES string of the molecule is CC(C)n1ncc2c1C(=O)NC1(CCN(C(=O)c3ccc4c(cnn4C)c3)CC1)C2. The minimum absolute atomic E-state index is 0.0334. The predicted octanol–water partition coefficient (Wildman–Crippen LogP) is 2.31. The molecule has 1 spiro atoms. The van der Waals surface area contributed by atoms with Crippen molar-refractivity contribution in [3.63, 3.8) is 0 Å². The second kappa shape index (κ2) is 6.68. The van der Waals surface area contributed by atoms with E-state index in [1.807, 2.05) is 50.2 Å². The summed E-state index contributed by atoms with van der Waals surface area (Å²) < 4.78 is 3.60. The van der Waals surface area contributed by atoms with Gasteiger partial charge >= 0.3 is 0 Å². The Labute approximate surface area is 174 Å². The molecule has 2 amide bonds. The molecule has 3 aromatic rings. The zero-order valence-electron chi connectivity index (χ0n) is 17.6. The largest absolute Gasteiger partial charge is 0.345 e. The fourth-order valence-corrected chi connectivity index (χ4v) is 4.80. The number of carbonyl (C=O) groups is 2. The molecular formula is C22H26N6O2. The van der Waals surface area contributed by atoms with Gasteiger partial charge in [0.15, 0.2) is 0 Å². The maximum atomic E-state index is 13.1. The molecule has 2 aliphatic heterocycles. The second-order valence-corrected chi connectivity index (χ2v) is 8.80. The number of amides is 2. The van der Waals surface area contributed by atoms with Gasteiger partial charge in [-0.25, -0.2) is 0 Å². The third-order valence-electron chi connectivity index (χ3n) is 6.48. The molecular weight excluding hydrogens is 380 g/mol. The van der Waals surface area contributed by atoms with Gasteiger partial charge in [-0.1, -0.05) is 0 Å². The summed E-state index contributed by atoms with van der Waals surface area (Å²) in [4.78, 5) is 27.8. The summed E-state index contributed by atoms with van der Waals surface area (Å²) in [5.74, 6) is -0.0182. The van der Waals surface area contributed by atoms with Crippen molar-refractivity contribution in [2.75, 3.05) is 13.1 Å². The average Bonchev–Trinajstić information content (AvgIpc) is 3.32. The third-order valence-corrected chi connectivity index (χ3v) is 6.48. The molecule has 8 heteroatoms. The van der Waals surface area contributed by atoms with Gasteiger partial charge in [0.05, 0.1) is 17.9 Å². The zero-order valence-corrected chi connectivity index (χ0v) is 17.6. The summed E-state index contributed by atoms with van der Waals surface area (Å²) in [6.07, 6.45) is 5.86. The zero-order chi connectivity index (χ0) is 21.0. The van der Waals surface area contributed by atoms with Gasteiger partial charge in [0.2, 0.25) is 0 Å². The first-order valence-electron chi connectivity index (χ1n) is 10.5. The molecule has 0 saturated carbocycles. The maximum Gasteiger partial charge on any atom is 0.270 e. The van der Waals surface area contributed by atoms with Crippen LogP contribution < -0.4 is 5.32 Å². The fourth-order valence-electron chi connectivity index (χ4n) is 4.80. The molecule has 0 atom stereocenters. The summed E-state index contributed by atoms with van der Waals surface area (Å²) in [6.45, 7) is 5.30. The quantitative estimate of drug-likeness (QED) is 0.708. The van der Waals surface area contributed by atoms with E-state index in [0.29, 0.717) is 24.3 Å². The Hall–Kier alpha value is -3.16. The highest BCUT2D eigenvalue weighted by molar-refractivity contribution is 5.98. The highest BCUT2D eigenvalue weighted by atomic mass is 16.2. The van der Waals surface area contributed by atoms with E-state index in [2.05, 4.69) is 15.5 Å². The molecule has 0 bridgehead atoms. The first kappa shape index (κ1) is 18.8. The van der Waals surface area contributed by atoms with Crippen molar-refractivity contribution in [2.24, 2.45) is 7.05 Å². The standard InChI is InChI=1S/C22H26N6O2/c1-14(2)28-19-17(13-24-28)11-22(25-20(19)29)6-8-27(9-7-22)21(30)15-4-5-18-16(10-15)12-23-26(18)3/h4-5,10,12-14H,6-9,11H2,1-3H3,(H,25,29). The summed E-state index contributed by atoms with van der Waals surface area (Å²) in [5.41, 5.74) is 3.08. The summed E-state index contributed by atoms with van der Waals surface area (Å²) >= 11 is 0. The maximum absolute atomic E-state index is 13.1. The summed E-state index contributed by atoms with van der Waals surface area (Å²) in [5, 5.41) is 12.9. The number of aromatic nitrogens is 4. The van der Waals surface area contributed by atoms with Crippen LogP contribution in [0.1, 0.15) is 59.1 Å². The molecule has 1 fully saturated rings. The molecule has 0 radical (unpaired) electrons. The van der Waals surface area contributed by atoms with Crippen LogP contribution in [0.3, 0.4) is 0 Å². The number of fused-ring (bicyclic) bond motifs is 2. The number of aryl methyl sites for hydroxylation is 1. The van der Waals surface area contributed by atoms with Crippen LogP contribution in [0.15, 0.2) is 30.6 Å². The van der Waals surface area contributed by atoms with Crippen LogP contribution in [-0.2, 0) is 13.5 Å². The van der Waals surface area contributed by atoms with E-state index >= 15 is 0 Å². The van der Waals surface area contributed by atoms with Crippen molar-refractivity contribution >= 4 is 22.7 Å². The van der Waals surface area contributed by atoms with Gasteiger partial charge in [-0.15, -0.1) is 0 Å². The Morgan fingerprint density at radius 1 is 1.17 bits per heavy atom. The molecule has 2 aliphatic rings. The van der Waals surface area contributed by atoms with Crippen LogP contribution in [-0.4, -0.2) is 54.9 Å². The number of nitrogens with zero attached hydrogens (tertiary/aromatic N) is 5. The molecule has 30 heavy (non-hydrogen) atoms. The minimum Gasteiger partial charge on any atom is -0.345 e. The first-order chi connectivity index (χ1) is 14.4. The molecule has 1 aromatic carbocycles. The molecule has 156 valence electrons. The van der Waals surface area contributed by atoms with Gasteiger partial charge in [-0.05, 0) is 51.3 Å². The third kappa shape index (κ3) is 2.89. The van der Waals surface area contributed by atoms with E-state index in [1.54, 1.807) is 15.6 Å². The van der Waals surface area contributed by atoms with E-state index in [4.69, 9.17) is 0 Å². The van der Waals surface area contributed by atoms with Crippen LogP contribution >= 0.6 is 0 Å². The van der Waals surface area contributed by atoms with E-state index in [9.17, 15) is 9.59 Å². The lowest BCUT2D eigenvalue weighted by atomic mass is 9.79. The van der Waals surface area contributed by atoms with Crippen LogP contribution in [0.2, 0.25) is 0 Å². The lowest BCUT2D eigenvalue weighted by molar-refractivity contribution is 0.0603. The number of carbonyl (C=O) groups excluding carboxylic acids is 2. The van der Waals surface area contributed by atoms with Crippen LogP contribution in [0.5, 0.6) is 0 Å². The minimum atomic E-state index is -0.293. The Balaban J connectivity index is 1.32. The van der Waals surface area contributed by atoms with E-state index in [-0.39, 0.29) is 23.4 Å². The van der Waals surface area contributed by atoms with Crippen LogP contribution in [0.4, 0.5) is 0 Å². The number of nitrogens with one attached hydrogen (secondary N) is 1. The van der Waals surface area contributed by atoms with Gasteiger partial charge < -0.3 is 10.2 Å². The van der Waals surface area contributed by atoms with Gasteiger partial charge in [0.25, 0.3) is 11.8 Å². The number of likely N-dealkylation sites (tertiary alicyclic amines) is 1. The van der Waals surface area contributed by atoms with Gasteiger partial charge in [0.1, 0.15) is 5.69 Å². The average molecular weight is 406 g/mol. The lowest BCUT2D eigenvalue weighted by Gasteiger charge is -2.44. The second-order valence-electron chi connectivity index (χ2n) is 8.80. The fraction of sp³-hybridized carbons (Fsp3) is 0.455. The summed E-state index contributed by atoms with van der Waals surface area (Å²) in [7, 11) is 1.89. The highest BCUT2D eigenvalue weighted by Gasteiger charge is 2.43. The molecule has 2 aromatic heterocycles. The van der Waals surface area contributed by atoms with Gasteiger partial charge in [-0.2, -0.15) is 10.2 Å². The molecule has 0 aliphatic carbocycles. The van der Waals surface area contributed by atoms with E-state index in [0.717, 1.165) is 35.7 Å². The molecule has 5 rings (SSSR count). The predicted molar refractivity (Wildman–Crippen MR) is 112 cm³/mol. The highest BCUT2D eigenvalue weighted by Crippen LogP contribution is 2.33. The van der Waals surface area contributed by atoms with Crippen molar-refractivity contribution in [1.29, 1.82) is 0 Å². The van der Waals surface area contributed by atoms with Crippen molar-refractivity contribution in [2.45, 2.75) is 44.7 Å². The Kier molecular flexibility index (Phi) is 4.20. The summed E-state index contributed by atoms with van der Waals surface area (Å²) in [6, 6.07) is 5.86. The lowest BCUT2D eigenvalue weighted by Crippen LogP contribution is -2.59. The van der Waals surface area contributed by atoms with Crippen molar-refractivity contribution in [3.8, 4) is 0 Å². The Morgan fingerprint density at radius 3 is 2.67 bits per heavy atom. The van der Waals surface area contributed by atoms with E-state index in [1.165, 1.54) is 0 Å². The normalized spacial score (nSPS) is 18.1.